The Balaban J connectivity index is 1.88. The number of nitrogen functional groups attached to an aromatic ring is 1. The van der Waals surface area contributed by atoms with Gasteiger partial charge < -0.3 is 11.1 Å². The molecule has 0 spiro atoms. The van der Waals surface area contributed by atoms with Crippen LogP contribution in [0.2, 0.25) is 0 Å². The predicted molar refractivity (Wildman–Crippen MR) is 82.4 cm³/mol. The summed E-state index contributed by atoms with van der Waals surface area (Å²) in [6.07, 6.45) is 3.98. The fourth-order valence-electron chi connectivity index (χ4n) is 3.27. The van der Waals surface area contributed by atoms with Crippen LogP contribution in [0.4, 0.5) is 5.82 Å². The maximum absolute atomic E-state index is 6.07. The van der Waals surface area contributed by atoms with E-state index in [-0.39, 0.29) is 6.04 Å². The van der Waals surface area contributed by atoms with Crippen LogP contribution in [0, 0.1) is 5.92 Å². The molecule has 20 heavy (non-hydrogen) atoms. The second kappa shape index (κ2) is 5.63. The first-order chi connectivity index (χ1) is 9.79. The molecule has 3 N–H and O–H groups in total. The van der Waals surface area contributed by atoms with E-state index in [1.807, 2.05) is 6.07 Å². The molecule has 1 unspecified atom stereocenters. The normalized spacial score (nSPS) is 16.1. The summed E-state index contributed by atoms with van der Waals surface area (Å²) >= 11 is 0. The molecule has 1 atom stereocenters. The molecule has 1 aliphatic carbocycles. The van der Waals surface area contributed by atoms with Gasteiger partial charge in [-0.25, -0.2) is 4.98 Å². The van der Waals surface area contributed by atoms with E-state index < -0.39 is 0 Å². The van der Waals surface area contributed by atoms with E-state index in [2.05, 4.69) is 47.6 Å². The van der Waals surface area contributed by atoms with E-state index >= 15 is 0 Å². The number of nitrogens with zero attached hydrogens (tertiary/aromatic N) is 1. The number of hydrogen-bond donors (Lipinski definition) is 2. The number of aromatic nitrogens is 1. The van der Waals surface area contributed by atoms with Gasteiger partial charge in [0.2, 0.25) is 0 Å². The molecule has 0 saturated carbocycles. The molecule has 0 aliphatic heterocycles. The largest absolute Gasteiger partial charge is 0.383 e. The van der Waals surface area contributed by atoms with E-state index in [9.17, 15) is 0 Å². The molecule has 1 aliphatic rings. The average molecular weight is 267 g/mol. The highest BCUT2D eigenvalue weighted by atomic mass is 14.9. The number of benzene rings is 1. The van der Waals surface area contributed by atoms with E-state index in [1.54, 1.807) is 6.20 Å². The fraction of sp³-hybridized carbons (Fsp3) is 0.353. The standard InChI is InChI=1S/C17H21N3/c1-2-19-16(15-8-5-9-20-17(15)18)14-10-12-6-3-4-7-13(12)11-14/h3-9,14,16,19H,2,10-11H2,1H3,(H2,18,20). The topological polar surface area (TPSA) is 50.9 Å². The molecule has 1 aromatic carbocycles. The third-order valence-electron chi connectivity index (χ3n) is 4.18. The SMILES string of the molecule is CCNC(c1cccnc1N)C1Cc2ccccc2C1. The van der Waals surface area contributed by atoms with Crippen molar-refractivity contribution in [2.45, 2.75) is 25.8 Å². The van der Waals surface area contributed by atoms with Crippen LogP contribution in [0.1, 0.15) is 29.7 Å². The van der Waals surface area contributed by atoms with Crippen molar-refractivity contribution in [1.29, 1.82) is 0 Å². The van der Waals surface area contributed by atoms with Crippen LogP contribution in [0.25, 0.3) is 0 Å². The monoisotopic (exact) mass is 267 g/mol. The summed E-state index contributed by atoms with van der Waals surface area (Å²) in [4.78, 5) is 4.24. The van der Waals surface area contributed by atoms with E-state index in [0.29, 0.717) is 11.7 Å². The lowest BCUT2D eigenvalue weighted by molar-refractivity contribution is 0.381. The summed E-state index contributed by atoms with van der Waals surface area (Å²) in [5, 5.41) is 3.60. The highest BCUT2D eigenvalue weighted by Crippen LogP contribution is 2.36. The molecule has 3 heteroatoms. The van der Waals surface area contributed by atoms with Gasteiger partial charge in [0.05, 0.1) is 0 Å². The minimum Gasteiger partial charge on any atom is -0.383 e. The van der Waals surface area contributed by atoms with Gasteiger partial charge in [0.25, 0.3) is 0 Å². The van der Waals surface area contributed by atoms with Crippen molar-refractivity contribution in [1.82, 2.24) is 10.3 Å². The van der Waals surface area contributed by atoms with Gasteiger partial charge >= 0.3 is 0 Å². The third-order valence-corrected chi connectivity index (χ3v) is 4.18. The molecule has 0 fully saturated rings. The van der Waals surface area contributed by atoms with Crippen molar-refractivity contribution in [2.24, 2.45) is 5.92 Å². The van der Waals surface area contributed by atoms with Crippen LogP contribution in [-0.4, -0.2) is 11.5 Å². The molecule has 1 aromatic heterocycles. The lowest BCUT2D eigenvalue weighted by Gasteiger charge is -2.25. The number of hydrogen-bond acceptors (Lipinski definition) is 3. The first-order valence-electron chi connectivity index (χ1n) is 7.30. The molecule has 0 radical (unpaired) electrons. The number of nitrogens with two attached hydrogens (primary N) is 1. The number of rotatable bonds is 4. The zero-order chi connectivity index (χ0) is 13.9. The van der Waals surface area contributed by atoms with Gasteiger partial charge in [-0.1, -0.05) is 37.3 Å². The molecule has 3 nitrogen and oxygen atoms in total. The van der Waals surface area contributed by atoms with Crippen LogP contribution in [-0.2, 0) is 12.8 Å². The Hall–Kier alpha value is -1.87. The first kappa shape index (κ1) is 13.1. The summed E-state index contributed by atoms with van der Waals surface area (Å²) < 4.78 is 0. The highest BCUT2D eigenvalue weighted by molar-refractivity contribution is 5.43. The van der Waals surface area contributed by atoms with Gasteiger partial charge in [-0.2, -0.15) is 0 Å². The number of fused-ring (bicyclic) bond motifs is 1. The van der Waals surface area contributed by atoms with E-state index in [1.165, 1.54) is 11.1 Å². The smallest absolute Gasteiger partial charge is 0.128 e. The van der Waals surface area contributed by atoms with Crippen molar-refractivity contribution in [2.75, 3.05) is 12.3 Å². The first-order valence-corrected chi connectivity index (χ1v) is 7.30. The van der Waals surface area contributed by atoms with Gasteiger partial charge in [0.15, 0.2) is 0 Å². The molecule has 2 aromatic rings. The minimum atomic E-state index is 0.279. The summed E-state index contributed by atoms with van der Waals surface area (Å²) in [7, 11) is 0. The second-order valence-electron chi connectivity index (χ2n) is 5.45. The Morgan fingerprint density at radius 3 is 2.50 bits per heavy atom. The Morgan fingerprint density at radius 1 is 1.20 bits per heavy atom. The van der Waals surface area contributed by atoms with Gasteiger partial charge in [-0.15, -0.1) is 0 Å². The highest BCUT2D eigenvalue weighted by Gasteiger charge is 2.30. The van der Waals surface area contributed by atoms with Crippen LogP contribution in [0.3, 0.4) is 0 Å². The van der Waals surface area contributed by atoms with Gasteiger partial charge in [0, 0.05) is 17.8 Å². The predicted octanol–water partition coefficient (Wildman–Crippen LogP) is 2.73. The summed E-state index contributed by atoms with van der Waals surface area (Å²) in [5.41, 5.74) is 10.2. The summed E-state index contributed by atoms with van der Waals surface area (Å²) in [6, 6.07) is 13.1. The molecule has 104 valence electrons. The van der Waals surface area contributed by atoms with Crippen molar-refractivity contribution in [3.63, 3.8) is 0 Å². The number of pyridine rings is 1. The molecule has 1 heterocycles. The van der Waals surface area contributed by atoms with Crippen molar-refractivity contribution < 1.29 is 0 Å². The zero-order valence-electron chi connectivity index (χ0n) is 11.8. The van der Waals surface area contributed by atoms with Crippen molar-refractivity contribution in [3.05, 3.63) is 59.3 Å². The molecule has 0 bridgehead atoms. The van der Waals surface area contributed by atoms with Gasteiger partial charge in [-0.3, -0.25) is 0 Å². The lowest BCUT2D eigenvalue weighted by Crippen LogP contribution is -2.29. The Kier molecular flexibility index (Phi) is 3.70. The number of nitrogens with one attached hydrogen (secondary N) is 1. The summed E-state index contributed by atoms with van der Waals surface area (Å²) in [6.45, 7) is 3.08. The fourth-order valence-corrected chi connectivity index (χ4v) is 3.27. The van der Waals surface area contributed by atoms with Crippen LogP contribution >= 0.6 is 0 Å². The molecule has 0 saturated heterocycles. The Bertz CT molecular complexity index is 569. The average Bonchev–Trinajstić information content (AvgIpc) is 2.89. The van der Waals surface area contributed by atoms with Crippen LogP contribution in [0.5, 0.6) is 0 Å². The van der Waals surface area contributed by atoms with Crippen molar-refractivity contribution >= 4 is 5.82 Å². The van der Waals surface area contributed by atoms with Crippen LogP contribution < -0.4 is 11.1 Å². The Morgan fingerprint density at radius 2 is 1.90 bits per heavy atom. The van der Waals surface area contributed by atoms with Crippen LogP contribution in [0.15, 0.2) is 42.6 Å². The molecule has 0 amide bonds. The maximum Gasteiger partial charge on any atom is 0.128 e. The Labute approximate surface area is 120 Å². The van der Waals surface area contributed by atoms with E-state index in [0.717, 1.165) is 24.9 Å². The number of anilines is 1. The minimum absolute atomic E-state index is 0.279. The second-order valence-corrected chi connectivity index (χ2v) is 5.45. The van der Waals surface area contributed by atoms with Gasteiger partial charge in [-0.05, 0) is 42.5 Å². The summed E-state index contributed by atoms with van der Waals surface area (Å²) in [5.74, 6) is 1.20. The third kappa shape index (κ3) is 2.41. The zero-order valence-corrected chi connectivity index (χ0v) is 11.8. The quantitative estimate of drug-likeness (QED) is 0.895. The van der Waals surface area contributed by atoms with Gasteiger partial charge in [0.1, 0.15) is 5.82 Å². The van der Waals surface area contributed by atoms with E-state index in [4.69, 9.17) is 5.73 Å². The molecular weight excluding hydrogens is 246 g/mol. The van der Waals surface area contributed by atoms with Crippen molar-refractivity contribution in [3.8, 4) is 0 Å². The maximum atomic E-state index is 6.07. The lowest BCUT2D eigenvalue weighted by atomic mass is 9.90. The molecular formula is C17H21N3. The molecule has 3 rings (SSSR count).